The molecule has 0 radical (unpaired) electrons. The predicted octanol–water partition coefficient (Wildman–Crippen LogP) is 2.48. The number of nitrogens with one attached hydrogen (secondary N) is 1. The normalized spacial score (nSPS) is 21.8. The van der Waals surface area contributed by atoms with E-state index in [1.165, 1.54) is 0 Å². The van der Waals surface area contributed by atoms with E-state index >= 15 is 0 Å². The van der Waals surface area contributed by atoms with Crippen LogP contribution in [0, 0.1) is 0 Å². The Balaban J connectivity index is 1.40. The number of nitrogens with zero attached hydrogens (tertiary/aromatic N) is 3. The van der Waals surface area contributed by atoms with Gasteiger partial charge in [0.1, 0.15) is 0 Å². The van der Waals surface area contributed by atoms with Crippen molar-refractivity contribution in [1.82, 2.24) is 18.5 Å². The highest BCUT2D eigenvalue weighted by Crippen LogP contribution is 2.22. The number of benzene rings is 1. The standard InChI is InChI=1S/C21H30N4O3S/c1-17(21(26)19-16-22-20-9-5-4-8-18(19)20)23-12-14-25(15-13-23)29(27,28)24-10-6-2-3-7-11-24/h4-5,8-9,16-17,22H,2-3,6-7,10-15H2,1H3. The van der Waals surface area contributed by atoms with Gasteiger partial charge in [0, 0.05) is 61.9 Å². The SMILES string of the molecule is CC(C(=O)c1c[nH]c2ccccc12)N1CCN(S(=O)(=O)N2CCCCCC2)CC1. The summed E-state index contributed by atoms with van der Waals surface area (Å²) in [5.74, 6) is 0.0753. The maximum atomic E-state index is 13.1. The number of carbonyl (C=O) groups is 1. The zero-order valence-corrected chi connectivity index (χ0v) is 17.8. The fourth-order valence-electron chi connectivity index (χ4n) is 4.42. The van der Waals surface area contributed by atoms with Crippen LogP contribution >= 0.6 is 0 Å². The van der Waals surface area contributed by atoms with Crippen molar-refractivity contribution in [2.75, 3.05) is 39.3 Å². The van der Waals surface area contributed by atoms with Crippen LogP contribution in [-0.4, -0.2) is 78.0 Å². The van der Waals surface area contributed by atoms with Gasteiger partial charge >= 0.3 is 0 Å². The molecule has 0 bridgehead atoms. The van der Waals surface area contributed by atoms with Gasteiger partial charge in [-0.15, -0.1) is 0 Å². The number of hydrogen-bond acceptors (Lipinski definition) is 4. The molecule has 0 amide bonds. The van der Waals surface area contributed by atoms with Gasteiger partial charge in [0.25, 0.3) is 10.2 Å². The quantitative estimate of drug-likeness (QED) is 0.757. The lowest BCUT2D eigenvalue weighted by atomic mass is 10.0. The maximum Gasteiger partial charge on any atom is 0.282 e. The maximum absolute atomic E-state index is 13.1. The molecule has 1 atom stereocenters. The van der Waals surface area contributed by atoms with E-state index in [9.17, 15) is 13.2 Å². The second-order valence-electron chi connectivity index (χ2n) is 8.04. The zero-order chi connectivity index (χ0) is 20.4. The largest absolute Gasteiger partial charge is 0.360 e. The third-order valence-corrected chi connectivity index (χ3v) is 8.31. The number of aromatic amines is 1. The first-order valence-corrected chi connectivity index (χ1v) is 12.0. The van der Waals surface area contributed by atoms with Crippen molar-refractivity contribution in [1.29, 1.82) is 0 Å². The number of aromatic nitrogens is 1. The second kappa shape index (κ2) is 8.55. The Morgan fingerprint density at radius 3 is 2.24 bits per heavy atom. The van der Waals surface area contributed by atoms with Gasteiger partial charge in [-0.25, -0.2) is 0 Å². The molecule has 0 spiro atoms. The van der Waals surface area contributed by atoms with E-state index in [2.05, 4.69) is 9.88 Å². The molecule has 7 nitrogen and oxygen atoms in total. The van der Waals surface area contributed by atoms with Crippen LogP contribution in [0.5, 0.6) is 0 Å². The van der Waals surface area contributed by atoms with Crippen LogP contribution in [0.25, 0.3) is 10.9 Å². The van der Waals surface area contributed by atoms with Crippen molar-refractivity contribution in [3.8, 4) is 0 Å². The molecule has 2 aromatic rings. The molecule has 2 saturated heterocycles. The molecule has 158 valence electrons. The molecule has 2 aliphatic heterocycles. The van der Waals surface area contributed by atoms with Crippen molar-refractivity contribution in [3.05, 3.63) is 36.0 Å². The minimum atomic E-state index is -3.40. The smallest absolute Gasteiger partial charge is 0.282 e. The number of para-hydroxylation sites is 1. The van der Waals surface area contributed by atoms with E-state index in [-0.39, 0.29) is 11.8 Å². The van der Waals surface area contributed by atoms with Crippen LogP contribution in [-0.2, 0) is 10.2 Å². The van der Waals surface area contributed by atoms with E-state index in [0.717, 1.165) is 36.6 Å². The molecule has 2 fully saturated rings. The molecule has 0 saturated carbocycles. The summed E-state index contributed by atoms with van der Waals surface area (Å²) in [4.78, 5) is 18.3. The van der Waals surface area contributed by atoms with Crippen LogP contribution < -0.4 is 0 Å². The number of hydrogen-bond donors (Lipinski definition) is 1. The summed E-state index contributed by atoms with van der Waals surface area (Å²) >= 11 is 0. The second-order valence-corrected chi connectivity index (χ2v) is 9.97. The fourth-order valence-corrected chi connectivity index (χ4v) is 6.09. The summed E-state index contributed by atoms with van der Waals surface area (Å²) in [7, 11) is -3.40. The fraction of sp³-hybridized carbons (Fsp3) is 0.571. The lowest BCUT2D eigenvalue weighted by Crippen LogP contribution is -2.55. The van der Waals surface area contributed by atoms with Gasteiger partial charge in [-0.05, 0) is 25.8 Å². The van der Waals surface area contributed by atoms with Gasteiger partial charge in [-0.3, -0.25) is 9.69 Å². The number of carbonyl (C=O) groups excluding carboxylic acids is 1. The molecule has 0 aliphatic carbocycles. The van der Waals surface area contributed by atoms with Gasteiger partial charge in [0.05, 0.1) is 6.04 Å². The summed E-state index contributed by atoms with van der Waals surface area (Å²) in [5.41, 5.74) is 1.66. The lowest BCUT2D eigenvalue weighted by molar-refractivity contribution is 0.0780. The van der Waals surface area contributed by atoms with Gasteiger partial charge in [0.2, 0.25) is 0 Å². The molecular weight excluding hydrogens is 388 g/mol. The summed E-state index contributed by atoms with van der Waals surface area (Å²) < 4.78 is 29.2. The predicted molar refractivity (Wildman–Crippen MR) is 114 cm³/mol. The Kier molecular flexibility index (Phi) is 6.06. The average molecular weight is 419 g/mol. The Morgan fingerprint density at radius 2 is 1.55 bits per heavy atom. The molecule has 1 aromatic carbocycles. The Morgan fingerprint density at radius 1 is 0.931 bits per heavy atom. The first-order chi connectivity index (χ1) is 14.0. The first-order valence-electron chi connectivity index (χ1n) is 10.6. The van der Waals surface area contributed by atoms with E-state index in [0.29, 0.717) is 44.8 Å². The van der Waals surface area contributed by atoms with Crippen molar-refractivity contribution >= 4 is 26.9 Å². The van der Waals surface area contributed by atoms with Gasteiger partial charge in [0.15, 0.2) is 5.78 Å². The summed E-state index contributed by atoms with van der Waals surface area (Å²) in [5, 5.41) is 0.937. The minimum Gasteiger partial charge on any atom is -0.360 e. The van der Waals surface area contributed by atoms with Crippen molar-refractivity contribution in [2.45, 2.75) is 38.6 Å². The molecule has 2 aliphatic rings. The molecule has 1 aromatic heterocycles. The van der Waals surface area contributed by atoms with Crippen LogP contribution in [0.1, 0.15) is 43.0 Å². The summed E-state index contributed by atoms with van der Waals surface area (Å²) in [6.45, 7) is 5.18. The van der Waals surface area contributed by atoms with Crippen molar-refractivity contribution in [3.63, 3.8) is 0 Å². The number of fused-ring (bicyclic) bond motifs is 1. The highest BCUT2D eigenvalue weighted by Gasteiger charge is 2.35. The van der Waals surface area contributed by atoms with Gasteiger partial charge in [-0.1, -0.05) is 31.0 Å². The first kappa shape index (κ1) is 20.5. The topological polar surface area (TPSA) is 76.7 Å². The molecule has 8 heteroatoms. The number of Topliss-reactive ketones (excluding diaryl/α,β-unsaturated/α-hetero) is 1. The van der Waals surface area contributed by atoms with Crippen LogP contribution in [0.2, 0.25) is 0 Å². The number of piperazine rings is 1. The third kappa shape index (κ3) is 4.12. The highest BCUT2D eigenvalue weighted by atomic mass is 32.2. The van der Waals surface area contributed by atoms with Gasteiger partial charge in [-0.2, -0.15) is 17.0 Å². The van der Waals surface area contributed by atoms with E-state index in [1.54, 1.807) is 14.8 Å². The van der Waals surface area contributed by atoms with E-state index in [4.69, 9.17) is 0 Å². The Bertz CT molecular complexity index is 955. The zero-order valence-electron chi connectivity index (χ0n) is 17.0. The summed E-state index contributed by atoms with van der Waals surface area (Å²) in [6.07, 6.45) is 5.87. The molecule has 29 heavy (non-hydrogen) atoms. The van der Waals surface area contributed by atoms with E-state index < -0.39 is 10.2 Å². The van der Waals surface area contributed by atoms with Crippen molar-refractivity contribution < 1.29 is 13.2 Å². The van der Waals surface area contributed by atoms with E-state index in [1.807, 2.05) is 31.2 Å². The van der Waals surface area contributed by atoms with Crippen molar-refractivity contribution in [2.24, 2.45) is 0 Å². The number of rotatable bonds is 5. The summed E-state index contributed by atoms with van der Waals surface area (Å²) in [6, 6.07) is 7.52. The number of H-pyrrole nitrogens is 1. The third-order valence-electron chi connectivity index (χ3n) is 6.27. The lowest BCUT2D eigenvalue weighted by Gasteiger charge is -2.38. The number of ketones is 1. The monoisotopic (exact) mass is 418 g/mol. The van der Waals surface area contributed by atoms with Crippen LogP contribution in [0.4, 0.5) is 0 Å². The molecule has 3 heterocycles. The van der Waals surface area contributed by atoms with Gasteiger partial charge < -0.3 is 4.98 Å². The van der Waals surface area contributed by atoms with Crippen LogP contribution in [0.15, 0.2) is 30.5 Å². The Hall–Kier alpha value is -1.74. The minimum absolute atomic E-state index is 0.0753. The molecule has 4 rings (SSSR count). The average Bonchev–Trinajstić information content (AvgIpc) is 2.97. The Labute approximate surface area is 172 Å². The van der Waals surface area contributed by atoms with Crippen LogP contribution in [0.3, 0.4) is 0 Å². The molecular formula is C21H30N4O3S. The molecule has 1 unspecified atom stereocenters. The molecule has 1 N–H and O–H groups in total. The highest BCUT2D eigenvalue weighted by molar-refractivity contribution is 7.86.